The fourth-order valence-electron chi connectivity index (χ4n) is 3.58. The van der Waals surface area contributed by atoms with E-state index in [1.165, 1.54) is 16.2 Å². The van der Waals surface area contributed by atoms with E-state index in [1.807, 2.05) is 12.1 Å². The van der Waals surface area contributed by atoms with Gasteiger partial charge in [-0.15, -0.1) is 11.3 Å². The number of carbonyl (C=O) groups excluding carboxylic acids is 2. The van der Waals surface area contributed by atoms with Crippen molar-refractivity contribution in [2.75, 3.05) is 5.32 Å². The quantitative estimate of drug-likeness (QED) is 0.388. The Morgan fingerprint density at radius 3 is 2.48 bits per heavy atom. The monoisotopic (exact) mass is 541 g/mol. The van der Waals surface area contributed by atoms with Gasteiger partial charge in [-0.25, -0.2) is 0 Å². The first-order valence-electron chi connectivity index (χ1n) is 9.38. The van der Waals surface area contributed by atoms with Crippen molar-refractivity contribution in [2.45, 2.75) is 40.0 Å². The first-order chi connectivity index (χ1) is 13.6. The van der Waals surface area contributed by atoms with E-state index in [4.69, 9.17) is 18.0 Å². The summed E-state index contributed by atoms with van der Waals surface area (Å²) in [6.45, 7) is 6.75. The van der Waals surface area contributed by atoms with Crippen LogP contribution in [-0.2, 0) is 12.8 Å². The Morgan fingerprint density at radius 1 is 1.24 bits per heavy atom. The van der Waals surface area contributed by atoms with Gasteiger partial charge in [0.1, 0.15) is 5.00 Å². The maximum atomic E-state index is 12.4. The third kappa shape index (κ3) is 5.16. The van der Waals surface area contributed by atoms with Gasteiger partial charge in [-0.05, 0) is 95.2 Å². The highest BCUT2D eigenvalue weighted by Gasteiger charge is 2.33. The highest BCUT2D eigenvalue weighted by atomic mass is 127. The highest BCUT2D eigenvalue weighted by Crippen LogP contribution is 2.44. The van der Waals surface area contributed by atoms with Gasteiger partial charge in [0.05, 0.1) is 5.56 Å². The molecule has 0 saturated heterocycles. The first kappa shape index (κ1) is 22.2. The minimum absolute atomic E-state index is 0.155. The van der Waals surface area contributed by atoms with Gasteiger partial charge in [-0.3, -0.25) is 14.9 Å². The molecule has 1 aliphatic rings. The Hall–Kier alpha value is -1.52. The molecule has 4 N–H and O–H groups in total. The number of hydrogen-bond acceptors (Lipinski definition) is 4. The number of nitrogens with one attached hydrogen (secondary N) is 2. The van der Waals surface area contributed by atoms with E-state index in [0.717, 1.165) is 28.4 Å². The second kappa shape index (κ2) is 8.69. The minimum atomic E-state index is -0.467. The zero-order valence-electron chi connectivity index (χ0n) is 16.6. The Kier molecular flexibility index (Phi) is 6.64. The van der Waals surface area contributed by atoms with Gasteiger partial charge >= 0.3 is 0 Å². The maximum absolute atomic E-state index is 12.4. The molecule has 1 aromatic heterocycles. The van der Waals surface area contributed by atoms with E-state index < -0.39 is 5.91 Å². The second-order valence-corrected chi connectivity index (χ2v) is 11.1. The lowest BCUT2D eigenvalue weighted by Gasteiger charge is -2.33. The minimum Gasteiger partial charge on any atom is -0.365 e. The van der Waals surface area contributed by atoms with E-state index in [2.05, 4.69) is 54.0 Å². The molecule has 0 radical (unpaired) electrons. The maximum Gasteiger partial charge on any atom is 0.257 e. The number of thiophene rings is 1. The number of primary amides is 1. The molecule has 0 aliphatic heterocycles. The fraction of sp³-hybridized carbons (Fsp3) is 0.381. The average molecular weight is 541 g/mol. The van der Waals surface area contributed by atoms with Crippen molar-refractivity contribution >= 4 is 68.1 Å². The molecule has 1 aromatic carbocycles. The third-order valence-corrected chi connectivity index (χ3v) is 7.39. The van der Waals surface area contributed by atoms with Crippen LogP contribution in [0.4, 0.5) is 5.00 Å². The van der Waals surface area contributed by atoms with Crippen LogP contribution in [0.15, 0.2) is 24.3 Å². The van der Waals surface area contributed by atoms with Crippen molar-refractivity contribution in [3.8, 4) is 0 Å². The van der Waals surface area contributed by atoms with Crippen LogP contribution < -0.4 is 16.4 Å². The molecule has 154 valence electrons. The Balaban J connectivity index is 1.77. The predicted octanol–water partition coefficient (Wildman–Crippen LogP) is 4.73. The molecular formula is C21H24IN3O2S2. The van der Waals surface area contributed by atoms with Crippen molar-refractivity contribution < 1.29 is 9.59 Å². The molecule has 0 fully saturated rings. The Labute approximate surface area is 194 Å². The van der Waals surface area contributed by atoms with Crippen LogP contribution in [0.5, 0.6) is 0 Å². The number of hydrogen-bond donors (Lipinski definition) is 3. The van der Waals surface area contributed by atoms with Crippen LogP contribution in [0, 0.1) is 14.9 Å². The topological polar surface area (TPSA) is 84.2 Å². The number of halogens is 1. The molecule has 0 unspecified atom stereocenters. The Bertz CT molecular complexity index is 962. The number of benzene rings is 1. The van der Waals surface area contributed by atoms with E-state index in [1.54, 1.807) is 12.1 Å². The summed E-state index contributed by atoms with van der Waals surface area (Å²) in [5.74, 6) is -0.214. The molecule has 8 heteroatoms. The molecule has 1 heterocycles. The van der Waals surface area contributed by atoms with Crippen molar-refractivity contribution in [1.29, 1.82) is 0 Å². The van der Waals surface area contributed by atoms with Crippen LogP contribution in [-0.4, -0.2) is 16.9 Å². The number of anilines is 1. The van der Waals surface area contributed by atoms with Gasteiger partial charge in [0.15, 0.2) is 5.11 Å². The Morgan fingerprint density at radius 2 is 1.90 bits per heavy atom. The predicted molar refractivity (Wildman–Crippen MR) is 131 cm³/mol. The molecule has 5 nitrogen and oxygen atoms in total. The third-order valence-electron chi connectivity index (χ3n) is 5.30. The van der Waals surface area contributed by atoms with E-state index >= 15 is 0 Å². The number of amides is 2. The van der Waals surface area contributed by atoms with Gasteiger partial charge in [0, 0.05) is 14.0 Å². The molecule has 2 amide bonds. The number of rotatable bonds is 3. The van der Waals surface area contributed by atoms with Crippen LogP contribution >= 0.6 is 46.1 Å². The van der Waals surface area contributed by atoms with Crippen LogP contribution in [0.25, 0.3) is 0 Å². The molecule has 3 rings (SSSR count). The average Bonchev–Trinajstić information content (AvgIpc) is 2.98. The van der Waals surface area contributed by atoms with Crippen molar-refractivity contribution in [2.24, 2.45) is 17.1 Å². The smallest absolute Gasteiger partial charge is 0.257 e. The lowest BCUT2D eigenvalue weighted by atomic mass is 9.72. The molecule has 0 bridgehead atoms. The summed E-state index contributed by atoms with van der Waals surface area (Å²) in [5, 5.41) is 6.48. The summed E-state index contributed by atoms with van der Waals surface area (Å²) in [4.78, 5) is 25.7. The molecule has 1 atom stereocenters. The molecule has 0 spiro atoms. The van der Waals surface area contributed by atoms with Crippen molar-refractivity contribution in [3.05, 3.63) is 49.4 Å². The van der Waals surface area contributed by atoms with Gasteiger partial charge < -0.3 is 11.1 Å². The SMILES string of the molecule is CC(C)(C)[C@@H]1CCc2c(sc(NC(=S)NC(=O)c3ccc(I)cc3)c2C(N)=O)C1. The molecular weight excluding hydrogens is 517 g/mol. The zero-order valence-corrected chi connectivity index (χ0v) is 20.4. The van der Waals surface area contributed by atoms with Crippen LogP contribution in [0.2, 0.25) is 0 Å². The molecule has 1 aliphatic carbocycles. The summed E-state index contributed by atoms with van der Waals surface area (Å²) in [5.41, 5.74) is 7.93. The summed E-state index contributed by atoms with van der Waals surface area (Å²) < 4.78 is 1.05. The summed E-state index contributed by atoms with van der Waals surface area (Å²) in [6, 6.07) is 7.20. The van der Waals surface area contributed by atoms with Gasteiger partial charge in [-0.2, -0.15) is 0 Å². The summed E-state index contributed by atoms with van der Waals surface area (Å²) in [6.07, 6.45) is 2.78. The lowest BCUT2D eigenvalue weighted by Crippen LogP contribution is -2.34. The summed E-state index contributed by atoms with van der Waals surface area (Å²) in [7, 11) is 0. The number of nitrogens with two attached hydrogens (primary N) is 1. The number of fused-ring (bicyclic) bond motifs is 1. The largest absolute Gasteiger partial charge is 0.365 e. The van der Waals surface area contributed by atoms with Crippen LogP contribution in [0.3, 0.4) is 0 Å². The van der Waals surface area contributed by atoms with E-state index in [-0.39, 0.29) is 16.4 Å². The van der Waals surface area contributed by atoms with Crippen LogP contribution in [0.1, 0.15) is 58.3 Å². The zero-order chi connectivity index (χ0) is 21.3. The summed E-state index contributed by atoms with van der Waals surface area (Å²) >= 11 is 9.01. The van der Waals surface area contributed by atoms with Crippen molar-refractivity contribution in [3.63, 3.8) is 0 Å². The van der Waals surface area contributed by atoms with Crippen molar-refractivity contribution in [1.82, 2.24) is 5.32 Å². The van der Waals surface area contributed by atoms with Gasteiger partial charge in [0.2, 0.25) is 0 Å². The molecule has 2 aromatic rings. The number of thiocarbonyl (C=S) groups is 1. The van der Waals surface area contributed by atoms with E-state index in [9.17, 15) is 9.59 Å². The standard InChI is InChI=1S/C21H24IN3O2S2/c1-21(2,3)12-6-9-14-15(10-12)29-19(16(14)17(23)26)25-20(28)24-18(27)11-4-7-13(22)8-5-11/h4-5,7-8,12H,6,9-10H2,1-3H3,(H2,23,26)(H2,24,25,27,28)/t12-/m1/s1. The lowest BCUT2D eigenvalue weighted by molar-refractivity contribution is 0.0975. The second-order valence-electron chi connectivity index (χ2n) is 8.29. The highest BCUT2D eigenvalue weighted by molar-refractivity contribution is 14.1. The first-order valence-corrected chi connectivity index (χ1v) is 11.7. The molecule has 0 saturated carbocycles. The number of carbonyl (C=O) groups is 2. The van der Waals surface area contributed by atoms with E-state index in [0.29, 0.717) is 22.0 Å². The molecule has 29 heavy (non-hydrogen) atoms. The normalized spacial score (nSPS) is 16.1. The van der Waals surface area contributed by atoms with Gasteiger partial charge in [-0.1, -0.05) is 20.8 Å². The van der Waals surface area contributed by atoms with Gasteiger partial charge in [0.25, 0.3) is 11.8 Å². The fourth-order valence-corrected chi connectivity index (χ4v) is 5.54.